The number of rotatable bonds is 1. The van der Waals surface area contributed by atoms with Gasteiger partial charge in [-0.25, -0.2) is 0 Å². The molecule has 0 N–H and O–H groups in total. The number of carbonyl (C=O) groups excluding carboxylic acids is 2. The number of piperidine rings is 1. The molecule has 4 nitrogen and oxygen atoms in total. The van der Waals surface area contributed by atoms with Crippen LogP contribution < -0.4 is 4.74 Å². The van der Waals surface area contributed by atoms with Crippen molar-refractivity contribution in [3.63, 3.8) is 0 Å². The third-order valence-electron chi connectivity index (χ3n) is 8.35. The molecule has 3 aromatic rings. The first-order valence-electron chi connectivity index (χ1n) is 11.9. The molecule has 1 saturated carbocycles. The van der Waals surface area contributed by atoms with Crippen molar-refractivity contribution in [2.75, 3.05) is 13.1 Å². The molecule has 1 atom stereocenters. The van der Waals surface area contributed by atoms with E-state index in [1.807, 2.05) is 29.2 Å². The van der Waals surface area contributed by atoms with E-state index in [0.29, 0.717) is 43.7 Å². The second kappa shape index (κ2) is 6.57. The van der Waals surface area contributed by atoms with E-state index in [9.17, 15) is 9.59 Å². The highest BCUT2D eigenvalue weighted by atomic mass is 16.5. The second-order valence-electron chi connectivity index (χ2n) is 10.0. The average molecular weight is 436 g/mol. The molecule has 0 bridgehead atoms. The molecule has 1 saturated heterocycles. The number of para-hydroxylation sites is 1. The Balaban J connectivity index is 1.12. The van der Waals surface area contributed by atoms with Crippen LogP contribution in [0.25, 0.3) is 11.1 Å². The number of ketones is 1. The van der Waals surface area contributed by atoms with Crippen molar-refractivity contribution in [1.82, 2.24) is 4.90 Å². The Kier molecular flexibility index (Phi) is 3.80. The van der Waals surface area contributed by atoms with Gasteiger partial charge in [0.25, 0.3) is 0 Å². The van der Waals surface area contributed by atoms with Crippen LogP contribution in [0.1, 0.15) is 47.2 Å². The lowest BCUT2D eigenvalue weighted by Crippen LogP contribution is -2.52. The number of amides is 1. The van der Waals surface area contributed by atoms with Gasteiger partial charge in [-0.05, 0) is 40.8 Å². The number of hydrogen-bond acceptors (Lipinski definition) is 3. The van der Waals surface area contributed by atoms with Gasteiger partial charge in [0.2, 0.25) is 5.91 Å². The summed E-state index contributed by atoms with van der Waals surface area (Å²) < 4.78 is 6.36. The van der Waals surface area contributed by atoms with Crippen LogP contribution in [0.4, 0.5) is 0 Å². The Morgan fingerprint density at radius 1 is 0.818 bits per heavy atom. The largest absolute Gasteiger partial charge is 0.486 e. The van der Waals surface area contributed by atoms with Crippen molar-refractivity contribution in [2.24, 2.45) is 5.92 Å². The summed E-state index contributed by atoms with van der Waals surface area (Å²) in [7, 11) is 0. The molecular formula is C29H25NO3. The Labute approximate surface area is 193 Å². The van der Waals surface area contributed by atoms with Crippen molar-refractivity contribution in [2.45, 2.75) is 36.7 Å². The van der Waals surface area contributed by atoms with Crippen molar-refractivity contribution in [1.29, 1.82) is 0 Å². The molecule has 2 spiro atoms. The molecule has 2 aliphatic carbocycles. The molecule has 0 aromatic heterocycles. The quantitative estimate of drug-likeness (QED) is 0.540. The Hall–Kier alpha value is -3.40. The summed E-state index contributed by atoms with van der Waals surface area (Å²) >= 11 is 0. The molecule has 2 aliphatic heterocycles. The van der Waals surface area contributed by atoms with Gasteiger partial charge in [-0.1, -0.05) is 60.7 Å². The van der Waals surface area contributed by atoms with Crippen LogP contribution >= 0.6 is 0 Å². The lowest BCUT2D eigenvalue weighted by Gasteiger charge is -2.44. The minimum absolute atomic E-state index is 0.00835. The van der Waals surface area contributed by atoms with Crippen LogP contribution in [-0.4, -0.2) is 35.3 Å². The zero-order valence-corrected chi connectivity index (χ0v) is 18.4. The van der Waals surface area contributed by atoms with Crippen LogP contribution in [0.15, 0.2) is 72.8 Å². The zero-order valence-electron chi connectivity index (χ0n) is 18.4. The summed E-state index contributed by atoms with van der Waals surface area (Å²) in [4.78, 5) is 28.4. The lowest BCUT2D eigenvalue weighted by atomic mass is 9.82. The second-order valence-corrected chi connectivity index (χ2v) is 10.0. The Morgan fingerprint density at radius 3 is 2.06 bits per heavy atom. The van der Waals surface area contributed by atoms with E-state index in [2.05, 4.69) is 48.5 Å². The minimum atomic E-state index is -0.476. The SMILES string of the molecule is O=C1CC2(CCN(C(=O)C3CC34c3ccccc3-c3ccccc34)CC2)Oc2ccccc21. The number of carbonyl (C=O) groups is 2. The molecule has 2 fully saturated rings. The number of benzene rings is 3. The summed E-state index contributed by atoms with van der Waals surface area (Å²) in [6, 6.07) is 24.6. The highest BCUT2D eigenvalue weighted by Gasteiger charge is 2.64. The maximum atomic E-state index is 13.7. The molecule has 3 aromatic carbocycles. The predicted octanol–water partition coefficient (Wildman–Crippen LogP) is 5.00. The molecular weight excluding hydrogens is 410 g/mol. The van der Waals surface area contributed by atoms with Gasteiger partial charge in [-0.2, -0.15) is 0 Å². The molecule has 164 valence electrons. The first-order valence-corrected chi connectivity index (χ1v) is 11.9. The van der Waals surface area contributed by atoms with Gasteiger partial charge in [-0.15, -0.1) is 0 Å². The number of nitrogens with zero attached hydrogens (tertiary/aromatic N) is 1. The summed E-state index contributed by atoms with van der Waals surface area (Å²) in [6.07, 6.45) is 2.68. The number of fused-ring (bicyclic) bond motifs is 6. The van der Waals surface area contributed by atoms with Crippen molar-refractivity contribution in [3.8, 4) is 16.9 Å². The van der Waals surface area contributed by atoms with Crippen LogP contribution in [0.5, 0.6) is 5.75 Å². The number of Topliss-reactive ketones (excluding diaryl/α,β-unsaturated/α-hetero) is 1. The third kappa shape index (κ3) is 2.58. The van der Waals surface area contributed by atoms with E-state index in [1.54, 1.807) is 0 Å². The van der Waals surface area contributed by atoms with Crippen molar-refractivity contribution >= 4 is 11.7 Å². The van der Waals surface area contributed by atoms with Gasteiger partial charge in [0.15, 0.2) is 5.78 Å². The Morgan fingerprint density at radius 2 is 1.39 bits per heavy atom. The highest BCUT2D eigenvalue weighted by molar-refractivity contribution is 6.00. The predicted molar refractivity (Wildman–Crippen MR) is 125 cm³/mol. The first-order chi connectivity index (χ1) is 16.1. The van der Waals surface area contributed by atoms with E-state index in [1.165, 1.54) is 22.3 Å². The van der Waals surface area contributed by atoms with Gasteiger partial charge < -0.3 is 9.64 Å². The molecule has 33 heavy (non-hydrogen) atoms. The van der Waals surface area contributed by atoms with Crippen molar-refractivity contribution < 1.29 is 14.3 Å². The number of hydrogen-bond donors (Lipinski definition) is 0. The van der Waals surface area contributed by atoms with E-state index in [4.69, 9.17) is 4.74 Å². The average Bonchev–Trinajstić information content (AvgIpc) is 3.54. The summed E-state index contributed by atoms with van der Waals surface area (Å²) in [5.74, 6) is 1.08. The van der Waals surface area contributed by atoms with Crippen LogP contribution in [0.3, 0.4) is 0 Å². The molecule has 4 heteroatoms. The maximum Gasteiger partial charge on any atom is 0.226 e. The summed E-state index contributed by atoms with van der Waals surface area (Å²) in [5, 5.41) is 0. The fourth-order valence-corrected chi connectivity index (χ4v) is 6.59. The highest BCUT2D eigenvalue weighted by Crippen LogP contribution is 2.66. The fourth-order valence-electron chi connectivity index (χ4n) is 6.59. The van der Waals surface area contributed by atoms with Crippen LogP contribution in [0, 0.1) is 5.92 Å². The Bertz CT molecular complexity index is 1270. The van der Waals surface area contributed by atoms with E-state index < -0.39 is 5.60 Å². The number of ether oxygens (including phenoxy) is 1. The molecule has 7 rings (SSSR count). The monoisotopic (exact) mass is 435 g/mol. The molecule has 1 unspecified atom stereocenters. The molecule has 4 aliphatic rings. The van der Waals surface area contributed by atoms with E-state index in [-0.39, 0.29) is 23.0 Å². The van der Waals surface area contributed by atoms with Gasteiger partial charge in [0.05, 0.1) is 17.9 Å². The number of likely N-dealkylation sites (tertiary alicyclic amines) is 1. The standard InChI is InChI=1S/C29H25NO3/c31-25-18-28(33-26-12-6-3-9-21(25)26)13-15-30(16-14-28)27(32)24-17-29(24)22-10-4-1-7-19(22)20-8-2-5-11-23(20)29/h1-12,24H,13-18H2. The maximum absolute atomic E-state index is 13.7. The smallest absolute Gasteiger partial charge is 0.226 e. The van der Waals surface area contributed by atoms with Crippen molar-refractivity contribution in [3.05, 3.63) is 89.5 Å². The normalized spacial score (nSPS) is 23.0. The zero-order chi connectivity index (χ0) is 22.2. The van der Waals surface area contributed by atoms with Crippen LogP contribution in [0.2, 0.25) is 0 Å². The third-order valence-corrected chi connectivity index (χ3v) is 8.35. The van der Waals surface area contributed by atoms with Crippen LogP contribution in [-0.2, 0) is 10.2 Å². The molecule has 2 heterocycles. The molecule has 1 amide bonds. The summed E-state index contributed by atoms with van der Waals surface area (Å²) in [5.41, 5.74) is 5.18. The van der Waals surface area contributed by atoms with Gasteiger partial charge >= 0.3 is 0 Å². The minimum Gasteiger partial charge on any atom is -0.486 e. The molecule has 0 radical (unpaired) electrons. The van der Waals surface area contributed by atoms with Gasteiger partial charge in [-0.3, -0.25) is 9.59 Å². The summed E-state index contributed by atoms with van der Waals surface area (Å²) in [6.45, 7) is 1.29. The fraction of sp³-hybridized carbons (Fsp3) is 0.310. The van der Waals surface area contributed by atoms with Gasteiger partial charge in [0, 0.05) is 31.3 Å². The first kappa shape index (κ1) is 19.1. The van der Waals surface area contributed by atoms with E-state index in [0.717, 1.165) is 6.42 Å². The topological polar surface area (TPSA) is 46.6 Å². The van der Waals surface area contributed by atoms with Gasteiger partial charge in [0.1, 0.15) is 11.4 Å². The lowest BCUT2D eigenvalue weighted by molar-refractivity contribution is -0.136. The van der Waals surface area contributed by atoms with E-state index >= 15 is 0 Å².